The quantitative estimate of drug-likeness (QED) is 0.407. The highest BCUT2D eigenvalue weighted by molar-refractivity contribution is 6.09. The predicted molar refractivity (Wildman–Crippen MR) is 113 cm³/mol. The largest absolute Gasteiger partial charge is 0.309 e. The lowest BCUT2D eigenvalue weighted by Crippen LogP contribution is -1.96. The fraction of sp³-hybridized carbons (Fsp3) is 0. The summed E-state index contributed by atoms with van der Waals surface area (Å²) in [5.41, 5.74) is 6.04. The molecule has 3 aromatic carbocycles. The molecule has 29 heavy (non-hydrogen) atoms. The second kappa shape index (κ2) is 6.64. The van der Waals surface area contributed by atoms with Crippen molar-refractivity contribution in [3.05, 3.63) is 96.3 Å². The van der Waals surface area contributed by atoms with Crippen LogP contribution in [0.25, 0.3) is 38.6 Å². The van der Waals surface area contributed by atoms with Crippen molar-refractivity contribution < 1.29 is 0 Å². The first kappa shape index (κ1) is 16.7. The molecule has 0 saturated carbocycles. The van der Waals surface area contributed by atoms with Gasteiger partial charge in [0.15, 0.2) is 0 Å². The van der Waals surface area contributed by atoms with Gasteiger partial charge in [-0.25, -0.2) is 0 Å². The maximum Gasteiger partial charge on any atom is 0.0998 e. The number of nitrogens with zero attached hydrogens (tertiary/aromatic N) is 4. The Bertz CT molecular complexity index is 1460. The smallest absolute Gasteiger partial charge is 0.0998 e. The van der Waals surface area contributed by atoms with Gasteiger partial charge in [0.25, 0.3) is 0 Å². The SMILES string of the molecule is N#Cc1ccc2c(c1)c1ccccc1n2-c1ccc(-c2ccncc2)c(C#N)c1. The van der Waals surface area contributed by atoms with Crippen molar-refractivity contribution in [2.45, 2.75) is 0 Å². The molecule has 0 fully saturated rings. The van der Waals surface area contributed by atoms with Crippen LogP contribution in [-0.2, 0) is 0 Å². The van der Waals surface area contributed by atoms with Crippen LogP contribution in [0.2, 0.25) is 0 Å². The van der Waals surface area contributed by atoms with Crippen molar-refractivity contribution in [1.29, 1.82) is 10.5 Å². The lowest BCUT2D eigenvalue weighted by molar-refractivity contribution is 1.18. The standard InChI is InChI=1S/C25H14N4/c26-15-17-5-8-25-23(13-17)22-3-1-2-4-24(22)29(25)20-6-7-21(19(14-20)16-27)18-9-11-28-12-10-18/h1-14H. The first-order chi connectivity index (χ1) is 14.3. The van der Waals surface area contributed by atoms with Gasteiger partial charge in [0.2, 0.25) is 0 Å². The lowest BCUT2D eigenvalue weighted by Gasteiger charge is -2.11. The van der Waals surface area contributed by atoms with Crippen molar-refractivity contribution in [2.24, 2.45) is 0 Å². The molecule has 134 valence electrons. The monoisotopic (exact) mass is 370 g/mol. The molecule has 0 atom stereocenters. The van der Waals surface area contributed by atoms with Gasteiger partial charge in [-0.1, -0.05) is 24.3 Å². The summed E-state index contributed by atoms with van der Waals surface area (Å²) in [4.78, 5) is 4.06. The zero-order valence-electron chi connectivity index (χ0n) is 15.4. The third kappa shape index (κ3) is 2.64. The number of rotatable bonds is 2. The van der Waals surface area contributed by atoms with E-state index in [0.717, 1.165) is 38.6 Å². The number of pyridine rings is 1. The maximum absolute atomic E-state index is 9.79. The van der Waals surface area contributed by atoms with Gasteiger partial charge in [-0.2, -0.15) is 10.5 Å². The molecule has 0 aliphatic rings. The summed E-state index contributed by atoms with van der Waals surface area (Å²) in [6, 6.07) is 28.1. The lowest BCUT2D eigenvalue weighted by atomic mass is 10.0. The van der Waals surface area contributed by atoms with Gasteiger partial charge in [0, 0.05) is 28.9 Å². The van der Waals surface area contributed by atoms with Gasteiger partial charge in [-0.3, -0.25) is 4.98 Å². The molecule has 0 N–H and O–H groups in total. The normalized spacial score (nSPS) is 10.7. The molecule has 0 spiro atoms. The molecule has 5 aromatic rings. The minimum absolute atomic E-state index is 0.605. The van der Waals surface area contributed by atoms with E-state index in [9.17, 15) is 10.5 Å². The van der Waals surface area contributed by atoms with Crippen LogP contribution in [0.1, 0.15) is 11.1 Å². The third-order valence-electron chi connectivity index (χ3n) is 5.17. The van der Waals surface area contributed by atoms with Gasteiger partial charge < -0.3 is 4.57 Å². The number of hydrogen-bond donors (Lipinski definition) is 0. The molecule has 2 heterocycles. The molecule has 0 amide bonds. The zero-order valence-corrected chi connectivity index (χ0v) is 15.4. The van der Waals surface area contributed by atoms with Gasteiger partial charge >= 0.3 is 0 Å². The van der Waals surface area contributed by atoms with Crippen LogP contribution in [0, 0.1) is 22.7 Å². The third-order valence-corrected chi connectivity index (χ3v) is 5.17. The number of aromatic nitrogens is 2. The van der Waals surface area contributed by atoms with E-state index >= 15 is 0 Å². The average Bonchev–Trinajstić information content (AvgIpc) is 3.13. The van der Waals surface area contributed by atoms with Crippen molar-refractivity contribution in [3.8, 4) is 29.0 Å². The molecule has 2 aromatic heterocycles. The highest BCUT2D eigenvalue weighted by Crippen LogP contribution is 2.34. The van der Waals surface area contributed by atoms with Gasteiger partial charge in [-0.05, 0) is 59.7 Å². The fourth-order valence-electron chi connectivity index (χ4n) is 3.87. The van der Waals surface area contributed by atoms with Crippen molar-refractivity contribution in [2.75, 3.05) is 0 Å². The molecular formula is C25H14N4. The Kier molecular flexibility index (Phi) is 3.83. The van der Waals surface area contributed by atoms with E-state index in [0.29, 0.717) is 11.1 Å². The number of para-hydroxylation sites is 1. The molecule has 4 nitrogen and oxygen atoms in total. The Morgan fingerprint density at radius 3 is 2.31 bits per heavy atom. The van der Waals surface area contributed by atoms with Crippen LogP contribution in [0.5, 0.6) is 0 Å². The Morgan fingerprint density at radius 2 is 1.52 bits per heavy atom. The van der Waals surface area contributed by atoms with E-state index < -0.39 is 0 Å². The van der Waals surface area contributed by atoms with Gasteiger partial charge in [0.1, 0.15) is 0 Å². The minimum Gasteiger partial charge on any atom is -0.309 e. The Hall–Kier alpha value is -4.41. The average molecular weight is 370 g/mol. The van der Waals surface area contributed by atoms with Crippen LogP contribution < -0.4 is 0 Å². The number of nitriles is 2. The molecule has 0 aliphatic carbocycles. The molecule has 0 saturated heterocycles. The molecule has 5 rings (SSSR count). The Balaban J connectivity index is 1.80. The summed E-state index contributed by atoms with van der Waals surface area (Å²) in [6.07, 6.45) is 3.45. The van der Waals surface area contributed by atoms with Crippen LogP contribution >= 0.6 is 0 Å². The molecular weight excluding hydrogens is 356 g/mol. The summed E-state index contributed by atoms with van der Waals surface area (Å²) < 4.78 is 2.14. The van der Waals surface area contributed by atoms with Gasteiger partial charge in [0.05, 0.1) is 34.3 Å². The minimum atomic E-state index is 0.605. The van der Waals surface area contributed by atoms with E-state index in [1.807, 2.05) is 60.7 Å². The summed E-state index contributed by atoms with van der Waals surface area (Å²) in [5.74, 6) is 0. The van der Waals surface area contributed by atoms with Crippen molar-refractivity contribution >= 4 is 21.8 Å². The summed E-state index contributed by atoms with van der Waals surface area (Å²) in [6.45, 7) is 0. The molecule has 0 aliphatic heterocycles. The van der Waals surface area contributed by atoms with E-state index in [-0.39, 0.29) is 0 Å². The predicted octanol–water partition coefficient (Wildman–Crippen LogP) is 5.59. The second-order valence-electron chi connectivity index (χ2n) is 6.77. The van der Waals surface area contributed by atoms with Crippen LogP contribution in [0.15, 0.2) is 85.2 Å². The maximum atomic E-state index is 9.79. The number of benzene rings is 3. The highest BCUT2D eigenvalue weighted by atomic mass is 15.0. The van der Waals surface area contributed by atoms with E-state index in [2.05, 4.69) is 33.8 Å². The van der Waals surface area contributed by atoms with Crippen molar-refractivity contribution in [3.63, 3.8) is 0 Å². The van der Waals surface area contributed by atoms with Crippen molar-refractivity contribution in [1.82, 2.24) is 9.55 Å². The Labute approximate surface area is 167 Å². The van der Waals surface area contributed by atoms with Crippen LogP contribution in [0.4, 0.5) is 0 Å². The van der Waals surface area contributed by atoms with E-state index in [1.165, 1.54) is 0 Å². The van der Waals surface area contributed by atoms with E-state index in [1.54, 1.807) is 12.4 Å². The molecule has 0 unspecified atom stereocenters. The molecule has 0 radical (unpaired) electrons. The van der Waals surface area contributed by atoms with Crippen LogP contribution in [-0.4, -0.2) is 9.55 Å². The molecule has 0 bridgehead atoms. The van der Waals surface area contributed by atoms with Crippen LogP contribution in [0.3, 0.4) is 0 Å². The number of hydrogen-bond acceptors (Lipinski definition) is 3. The summed E-state index contributed by atoms with van der Waals surface area (Å²) in [7, 11) is 0. The second-order valence-corrected chi connectivity index (χ2v) is 6.77. The first-order valence-corrected chi connectivity index (χ1v) is 9.18. The topological polar surface area (TPSA) is 65.4 Å². The number of fused-ring (bicyclic) bond motifs is 3. The summed E-state index contributed by atoms with van der Waals surface area (Å²) in [5, 5.41) is 21.2. The summed E-state index contributed by atoms with van der Waals surface area (Å²) >= 11 is 0. The zero-order chi connectivity index (χ0) is 19.8. The first-order valence-electron chi connectivity index (χ1n) is 9.18. The Morgan fingerprint density at radius 1 is 0.724 bits per heavy atom. The van der Waals surface area contributed by atoms with E-state index in [4.69, 9.17) is 0 Å². The highest BCUT2D eigenvalue weighted by Gasteiger charge is 2.14. The fourth-order valence-corrected chi connectivity index (χ4v) is 3.87. The van der Waals surface area contributed by atoms with Gasteiger partial charge in [-0.15, -0.1) is 0 Å². The molecule has 4 heteroatoms.